The number of nitrogens with zero attached hydrogens (tertiary/aromatic N) is 2. The maximum atomic E-state index is 14.6. The number of para-hydroxylation sites is 1. The number of phenolic OH excluding ortho intramolecular Hbond substituents is 1. The first-order valence-electron chi connectivity index (χ1n) is 14.9. The number of aromatic hydroxyl groups is 1. The van der Waals surface area contributed by atoms with Crippen molar-refractivity contribution in [3.05, 3.63) is 98.5 Å². The molecule has 2 aliphatic heterocycles. The smallest absolute Gasteiger partial charge is 0.241 e. The molecule has 2 aliphatic carbocycles. The van der Waals surface area contributed by atoms with Crippen LogP contribution in [0.15, 0.2) is 87.3 Å². The van der Waals surface area contributed by atoms with E-state index in [1.165, 1.54) is 16.9 Å². The summed E-state index contributed by atoms with van der Waals surface area (Å²) in [5, 5.41) is 10.8. The van der Waals surface area contributed by atoms with Crippen LogP contribution in [0.1, 0.15) is 36.8 Å². The van der Waals surface area contributed by atoms with E-state index in [0.717, 1.165) is 11.1 Å². The highest BCUT2D eigenvalue weighted by Gasteiger charge is 2.67. The number of amides is 4. The van der Waals surface area contributed by atoms with Gasteiger partial charge in [-0.1, -0.05) is 60.2 Å². The summed E-state index contributed by atoms with van der Waals surface area (Å²) < 4.78 is 6.39. The third-order valence-electron chi connectivity index (χ3n) is 10.3. The van der Waals surface area contributed by atoms with E-state index in [-0.39, 0.29) is 48.1 Å². The summed E-state index contributed by atoms with van der Waals surface area (Å²) in [6, 6.07) is 20.0. The molecule has 0 radical (unpaired) electrons. The quantitative estimate of drug-likeness (QED) is 0.242. The monoisotopic (exact) mass is 732 g/mol. The zero-order chi connectivity index (χ0) is 31.8. The summed E-state index contributed by atoms with van der Waals surface area (Å²) in [5.74, 6) is -4.04. The predicted octanol–water partition coefficient (Wildman–Crippen LogP) is 6.36. The van der Waals surface area contributed by atoms with Gasteiger partial charge in [0, 0.05) is 10.4 Å². The number of imide groups is 2. The summed E-state index contributed by atoms with van der Waals surface area (Å²) in [5.41, 5.74) is 1.63. The van der Waals surface area contributed by atoms with Gasteiger partial charge in [0.25, 0.3) is 0 Å². The van der Waals surface area contributed by atoms with Crippen LogP contribution in [0.25, 0.3) is 0 Å². The van der Waals surface area contributed by atoms with Crippen LogP contribution >= 0.6 is 31.9 Å². The van der Waals surface area contributed by atoms with Crippen molar-refractivity contribution in [3.8, 4) is 11.5 Å². The molecule has 4 aliphatic rings. The number of rotatable bonds is 5. The third-order valence-corrected chi connectivity index (χ3v) is 12.4. The number of fused-ring (bicyclic) bond motifs is 4. The van der Waals surface area contributed by atoms with Crippen molar-refractivity contribution in [2.45, 2.75) is 32.2 Å². The van der Waals surface area contributed by atoms with E-state index in [4.69, 9.17) is 4.74 Å². The fourth-order valence-electron chi connectivity index (χ4n) is 8.15. The molecule has 3 aromatic rings. The number of hydrogen-bond donors (Lipinski definition) is 1. The van der Waals surface area contributed by atoms with Crippen molar-refractivity contribution in [2.24, 2.45) is 29.1 Å². The molecule has 3 aromatic carbocycles. The number of ether oxygens (including phenoxy) is 1. The Balaban J connectivity index is 1.39. The molecule has 4 amide bonds. The number of benzene rings is 3. The fourth-order valence-corrected chi connectivity index (χ4v) is 9.10. The largest absolute Gasteiger partial charge is 0.503 e. The van der Waals surface area contributed by atoms with Crippen LogP contribution < -0.4 is 9.64 Å². The Kier molecular flexibility index (Phi) is 7.28. The van der Waals surface area contributed by atoms with Crippen LogP contribution in [-0.2, 0) is 25.7 Å². The Morgan fingerprint density at radius 1 is 0.911 bits per heavy atom. The Labute approximate surface area is 277 Å². The van der Waals surface area contributed by atoms with Crippen LogP contribution in [0.5, 0.6) is 11.5 Å². The minimum absolute atomic E-state index is 0.104. The van der Waals surface area contributed by atoms with Gasteiger partial charge in [-0.2, -0.15) is 0 Å². The second-order valence-corrected chi connectivity index (χ2v) is 14.0. The van der Waals surface area contributed by atoms with Gasteiger partial charge in [0.15, 0.2) is 11.5 Å². The first kappa shape index (κ1) is 29.9. The van der Waals surface area contributed by atoms with Gasteiger partial charge in [0.05, 0.1) is 47.0 Å². The SMILES string of the molecule is COc1cc(C2C3=CCC4C(=O)N(Cc5ccccc5)C(=O)C4C3CC3C(=O)N(c4ccccc4)C(=O)C32C)c(Br)c(Br)c1O. The average molecular weight is 734 g/mol. The number of phenols is 1. The number of likely N-dealkylation sites (tertiary alicyclic amines) is 1. The van der Waals surface area contributed by atoms with Crippen molar-refractivity contribution in [3.63, 3.8) is 0 Å². The molecule has 10 heteroatoms. The predicted molar refractivity (Wildman–Crippen MR) is 173 cm³/mol. The lowest BCUT2D eigenvalue weighted by molar-refractivity contribution is -0.141. The van der Waals surface area contributed by atoms with Gasteiger partial charge in [-0.15, -0.1) is 0 Å². The number of anilines is 1. The number of hydrogen-bond acceptors (Lipinski definition) is 6. The standard InChI is InChI=1S/C35H30Br2N2O6/c1-35-24(32(42)39(34(35)44)19-11-7-4-8-12-19)15-22-20(27(35)23-16-25(45-2)30(40)29(37)28(23)36)13-14-21-26(22)33(43)38(31(21)41)17-18-9-5-3-6-10-18/h3-13,16,21-22,24,26-27,40H,14-15,17H2,1-2H3. The molecule has 1 N–H and O–H groups in total. The summed E-state index contributed by atoms with van der Waals surface area (Å²) in [4.78, 5) is 59.4. The highest BCUT2D eigenvalue weighted by Crippen LogP contribution is 2.65. The Bertz CT molecular complexity index is 1790. The maximum Gasteiger partial charge on any atom is 0.241 e. The van der Waals surface area contributed by atoms with Crippen LogP contribution in [0.3, 0.4) is 0 Å². The van der Waals surface area contributed by atoms with Crippen molar-refractivity contribution in [1.82, 2.24) is 4.90 Å². The molecule has 1 saturated carbocycles. The van der Waals surface area contributed by atoms with E-state index in [0.29, 0.717) is 26.6 Å². The molecule has 2 saturated heterocycles. The first-order valence-corrected chi connectivity index (χ1v) is 16.5. The molecular weight excluding hydrogens is 704 g/mol. The van der Waals surface area contributed by atoms with Crippen LogP contribution in [0.4, 0.5) is 5.69 Å². The molecule has 7 rings (SSSR count). The van der Waals surface area contributed by atoms with Gasteiger partial charge in [-0.3, -0.25) is 24.1 Å². The van der Waals surface area contributed by atoms with E-state index in [9.17, 15) is 24.3 Å². The van der Waals surface area contributed by atoms with E-state index >= 15 is 0 Å². The Morgan fingerprint density at radius 3 is 2.24 bits per heavy atom. The molecule has 0 aromatic heterocycles. The van der Waals surface area contributed by atoms with E-state index in [1.807, 2.05) is 49.4 Å². The molecule has 6 unspecified atom stereocenters. The highest BCUT2D eigenvalue weighted by molar-refractivity contribution is 9.13. The van der Waals surface area contributed by atoms with Crippen molar-refractivity contribution in [1.29, 1.82) is 0 Å². The Morgan fingerprint density at radius 2 is 1.58 bits per heavy atom. The van der Waals surface area contributed by atoms with Gasteiger partial charge < -0.3 is 9.84 Å². The summed E-state index contributed by atoms with van der Waals surface area (Å²) in [6.45, 7) is 2.02. The number of carbonyl (C=O) groups is 4. The number of halogens is 2. The topological polar surface area (TPSA) is 104 Å². The lowest BCUT2D eigenvalue weighted by Gasteiger charge is -2.49. The molecule has 0 bridgehead atoms. The summed E-state index contributed by atoms with van der Waals surface area (Å²) >= 11 is 7.14. The second kappa shape index (κ2) is 10.9. The lowest BCUT2D eigenvalue weighted by Crippen LogP contribution is -2.49. The molecular formula is C35H30Br2N2O6. The van der Waals surface area contributed by atoms with Crippen molar-refractivity contribution >= 4 is 61.2 Å². The minimum atomic E-state index is -1.22. The summed E-state index contributed by atoms with van der Waals surface area (Å²) in [7, 11) is 1.45. The molecule has 45 heavy (non-hydrogen) atoms. The average Bonchev–Trinajstić information content (AvgIpc) is 3.40. The van der Waals surface area contributed by atoms with E-state index in [1.54, 1.807) is 30.3 Å². The Hall–Kier alpha value is -3.76. The third kappa shape index (κ3) is 4.28. The molecule has 6 atom stereocenters. The molecule has 3 fully saturated rings. The zero-order valence-corrected chi connectivity index (χ0v) is 27.7. The van der Waals surface area contributed by atoms with E-state index < -0.39 is 35.0 Å². The zero-order valence-electron chi connectivity index (χ0n) is 24.6. The summed E-state index contributed by atoms with van der Waals surface area (Å²) in [6.07, 6.45) is 2.63. The second-order valence-electron chi connectivity index (χ2n) is 12.4. The molecule has 0 spiro atoms. The van der Waals surface area contributed by atoms with Crippen LogP contribution in [0, 0.1) is 29.1 Å². The van der Waals surface area contributed by atoms with Crippen LogP contribution in [-0.4, -0.2) is 40.7 Å². The highest BCUT2D eigenvalue weighted by atomic mass is 79.9. The lowest BCUT2D eigenvalue weighted by atomic mass is 9.51. The molecule has 8 nitrogen and oxygen atoms in total. The molecule has 230 valence electrons. The van der Waals surface area contributed by atoms with E-state index in [2.05, 4.69) is 31.9 Å². The van der Waals surface area contributed by atoms with Crippen molar-refractivity contribution < 1.29 is 29.0 Å². The number of carbonyl (C=O) groups excluding carboxylic acids is 4. The van der Waals surface area contributed by atoms with Gasteiger partial charge >= 0.3 is 0 Å². The fraction of sp³-hybridized carbons (Fsp3) is 0.314. The maximum absolute atomic E-state index is 14.6. The normalized spacial score (nSPS) is 29.0. The van der Waals surface area contributed by atoms with Gasteiger partial charge in [0.2, 0.25) is 23.6 Å². The number of allylic oxidation sites excluding steroid dienone is 2. The minimum Gasteiger partial charge on any atom is -0.503 e. The molecule has 2 heterocycles. The number of methoxy groups -OCH3 is 1. The first-order chi connectivity index (χ1) is 21.6. The van der Waals surface area contributed by atoms with Crippen LogP contribution in [0.2, 0.25) is 0 Å². The van der Waals surface area contributed by atoms with Gasteiger partial charge in [0.1, 0.15) is 0 Å². The van der Waals surface area contributed by atoms with Crippen molar-refractivity contribution in [2.75, 3.05) is 12.0 Å². The van der Waals surface area contributed by atoms with Gasteiger partial charge in [-0.25, -0.2) is 4.90 Å². The van der Waals surface area contributed by atoms with Gasteiger partial charge in [-0.05, 0) is 86.9 Å².